The van der Waals surface area contributed by atoms with Crippen LogP contribution < -0.4 is 15.2 Å². The number of sulfonamides is 1. The van der Waals surface area contributed by atoms with Gasteiger partial charge in [0.1, 0.15) is 5.75 Å². The first kappa shape index (κ1) is 14.8. The number of H-pyrrole nitrogens is 1. The Hall–Kier alpha value is -1.58. The monoisotopic (exact) mass is 360 g/mol. The topological polar surface area (TPSA) is 110 Å². The molecule has 0 aliphatic rings. The van der Waals surface area contributed by atoms with Crippen LogP contribution in [0.15, 0.2) is 33.9 Å². The van der Waals surface area contributed by atoms with E-state index in [1.807, 2.05) is 0 Å². The molecule has 2 aromatic rings. The molecule has 1 heterocycles. The van der Waals surface area contributed by atoms with Crippen molar-refractivity contribution in [3.63, 3.8) is 0 Å². The van der Waals surface area contributed by atoms with Gasteiger partial charge in [0, 0.05) is 18.2 Å². The van der Waals surface area contributed by atoms with Crippen LogP contribution in [-0.2, 0) is 16.6 Å². The third kappa shape index (κ3) is 2.94. The van der Waals surface area contributed by atoms with Gasteiger partial charge >= 0.3 is 0 Å². The van der Waals surface area contributed by atoms with Gasteiger partial charge in [-0.15, -0.1) is 0 Å². The maximum Gasteiger partial charge on any atom is 0.279 e. The smallest absolute Gasteiger partial charge is 0.279 e. The predicted octanol–water partition coefficient (Wildman–Crippen LogP) is 1.44. The summed E-state index contributed by atoms with van der Waals surface area (Å²) < 4.78 is 32.8. The molecule has 0 atom stereocenters. The summed E-state index contributed by atoms with van der Waals surface area (Å²) in [5.41, 5.74) is 6.27. The van der Waals surface area contributed by atoms with Crippen LogP contribution in [0.3, 0.4) is 0 Å². The van der Waals surface area contributed by atoms with Crippen LogP contribution in [0.5, 0.6) is 5.75 Å². The first-order valence-corrected chi connectivity index (χ1v) is 7.84. The lowest BCUT2D eigenvalue weighted by Crippen LogP contribution is -2.16. The summed E-state index contributed by atoms with van der Waals surface area (Å²) in [6.07, 6.45) is 1.39. The Bertz CT molecular complexity index is 714. The Labute approximate surface area is 124 Å². The second-order valence-corrected chi connectivity index (χ2v) is 6.36. The highest BCUT2D eigenvalue weighted by Gasteiger charge is 2.20. The van der Waals surface area contributed by atoms with E-state index in [1.165, 1.54) is 13.3 Å². The molecule has 0 aliphatic heterocycles. The Morgan fingerprint density at radius 1 is 1.50 bits per heavy atom. The molecular formula is C11H13BrN4O3S. The van der Waals surface area contributed by atoms with E-state index in [1.54, 1.807) is 18.2 Å². The Morgan fingerprint density at radius 3 is 2.90 bits per heavy atom. The van der Waals surface area contributed by atoms with E-state index in [2.05, 4.69) is 30.8 Å². The summed E-state index contributed by atoms with van der Waals surface area (Å²) in [6.45, 7) is 0.0798. The van der Waals surface area contributed by atoms with Gasteiger partial charge in [0.25, 0.3) is 10.0 Å². The normalized spacial score (nSPS) is 11.3. The van der Waals surface area contributed by atoms with Crippen LogP contribution >= 0.6 is 15.9 Å². The average Bonchev–Trinajstić information content (AvgIpc) is 2.90. The maximum absolute atomic E-state index is 12.2. The number of nitrogens with one attached hydrogen (secondary N) is 2. The van der Waals surface area contributed by atoms with Crippen LogP contribution in [0.25, 0.3) is 0 Å². The fraction of sp³-hybridized carbons (Fsp3) is 0.182. The van der Waals surface area contributed by atoms with Gasteiger partial charge in [-0.25, -0.2) is 0 Å². The number of nitrogens with zero attached hydrogens (tertiary/aromatic N) is 1. The third-order valence-electron chi connectivity index (χ3n) is 2.57. The molecule has 9 heteroatoms. The van der Waals surface area contributed by atoms with E-state index in [4.69, 9.17) is 10.5 Å². The highest BCUT2D eigenvalue weighted by Crippen LogP contribution is 2.29. The Balaban J connectivity index is 2.33. The van der Waals surface area contributed by atoms with Crippen molar-refractivity contribution >= 4 is 31.6 Å². The van der Waals surface area contributed by atoms with E-state index in [0.29, 0.717) is 17.0 Å². The van der Waals surface area contributed by atoms with Crippen LogP contribution in [0.1, 0.15) is 5.56 Å². The minimum atomic E-state index is -3.77. The van der Waals surface area contributed by atoms with Gasteiger partial charge in [0.15, 0.2) is 5.03 Å². The van der Waals surface area contributed by atoms with Crippen LogP contribution in [0, 0.1) is 0 Å². The third-order valence-corrected chi connectivity index (χ3v) is 4.62. The van der Waals surface area contributed by atoms with Crippen molar-refractivity contribution < 1.29 is 13.2 Å². The molecule has 7 nitrogen and oxygen atoms in total. The van der Waals surface area contributed by atoms with Crippen molar-refractivity contribution in [3.8, 4) is 5.75 Å². The molecule has 20 heavy (non-hydrogen) atoms. The molecule has 0 radical (unpaired) electrons. The van der Waals surface area contributed by atoms with Gasteiger partial charge in [-0.2, -0.15) is 13.5 Å². The first-order chi connectivity index (χ1) is 9.47. The van der Waals surface area contributed by atoms with Crippen LogP contribution in [0.4, 0.5) is 5.69 Å². The predicted molar refractivity (Wildman–Crippen MR) is 78.0 cm³/mol. The SMILES string of the molecule is COc1cc(NS(=O)(=O)c2[nH]ncc2CN)ccc1Br. The molecule has 0 fully saturated rings. The van der Waals surface area contributed by atoms with E-state index >= 15 is 0 Å². The van der Waals surface area contributed by atoms with Gasteiger partial charge in [0.2, 0.25) is 0 Å². The minimum absolute atomic E-state index is 0.0399. The lowest BCUT2D eigenvalue weighted by atomic mass is 10.3. The quantitative estimate of drug-likeness (QED) is 0.747. The van der Waals surface area contributed by atoms with E-state index < -0.39 is 10.0 Å². The molecule has 0 unspecified atom stereocenters. The number of nitrogens with two attached hydrogens (primary N) is 1. The first-order valence-electron chi connectivity index (χ1n) is 5.56. The number of aromatic amines is 1. The fourth-order valence-corrected chi connectivity index (χ4v) is 3.21. The van der Waals surface area contributed by atoms with Crippen molar-refractivity contribution in [1.82, 2.24) is 10.2 Å². The maximum atomic E-state index is 12.2. The molecule has 2 rings (SSSR count). The van der Waals surface area contributed by atoms with Crippen LogP contribution in [-0.4, -0.2) is 25.7 Å². The van der Waals surface area contributed by atoms with Crippen molar-refractivity contribution in [2.75, 3.05) is 11.8 Å². The number of ether oxygens (including phenoxy) is 1. The highest BCUT2D eigenvalue weighted by atomic mass is 79.9. The molecule has 0 saturated heterocycles. The molecule has 4 N–H and O–H groups in total. The van der Waals surface area contributed by atoms with Gasteiger partial charge in [0.05, 0.1) is 23.5 Å². The zero-order valence-electron chi connectivity index (χ0n) is 10.6. The van der Waals surface area contributed by atoms with Gasteiger partial charge < -0.3 is 10.5 Å². The number of aromatic nitrogens is 2. The molecular weight excluding hydrogens is 348 g/mol. The fourth-order valence-electron chi connectivity index (χ4n) is 1.61. The van der Waals surface area contributed by atoms with Crippen molar-refractivity contribution in [2.45, 2.75) is 11.6 Å². The van der Waals surface area contributed by atoms with Gasteiger partial charge in [-0.05, 0) is 28.1 Å². The standard InChI is InChI=1S/C11H13BrN4O3S/c1-19-10-4-8(2-3-9(10)12)16-20(17,18)11-7(5-13)6-14-15-11/h2-4,6,16H,5,13H2,1H3,(H,14,15). The summed E-state index contributed by atoms with van der Waals surface area (Å²) >= 11 is 3.30. The zero-order valence-corrected chi connectivity index (χ0v) is 13.0. The Kier molecular flexibility index (Phi) is 4.31. The van der Waals surface area contributed by atoms with Gasteiger partial charge in [-0.3, -0.25) is 9.82 Å². The molecule has 108 valence electrons. The number of anilines is 1. The summed E-state index contributed by atoms with van der Waals surface area (Å²) in [6, 6.07) is 4.87. The number of methoxy groups -OCH3 is 1. The Morgan fingerprint density at radius 2 is 2.25 bits per heavy atom. The molecule has 1 aromatic heterocycles. The highest BCUT2D eigenvalue weighted by molar-refractivity contribution is 9.10. The molecule has 0 aliphatic carbocycles. The number of hydrogen-bond acceptors (Lipinski definition) is 5. The lowest BCUT2D eigenvalue weighted by molar-refractivity contribution is 0.412. The molecule has 0 spiro atoms. The molecule has 0 amide bonds. The minimum Gasteiger partial charge on any atom is -0.495 e. The summed E-state index contributed by atoms with van der Waals surface area (Å²) in [5, 5.41) is 6.09. The van der Waals surface area contributed by atoms with Gasteiger partial charge in [-0.1, -0.05) is 0 Å². The second-order valence-electron chi connectivity index (χ2n) is 3.88. The van der Waals surface area contributed by atoms with E-state index in [9.17, 15) is 8.42 Å². The molecule has 1 aromatic carbocycles. The van der Waals surface area contributed by atoms with Crippen molar-refractivity contribution in [1.29, 1.82) is 0 Å². The number of benzene rings is 1. The summed E-state index contributed by atoms with van der Waals surface area (Å²) in [7, 11) is -2.27. The summed E-state index contributed by atoms with van der Waals surface area (Å²) in [5.74, 6) is 0.522. The number of halogens is 1. The van der Waals surface area contributed by atoms with Crippen LogP contribution in [0.2, 0.25) is 0 Å². The van der Waals surface area contributed by atoms with E-state index in [0.717, 1.165) is 4.47 Å². The zero-order chi connectivity index (χ0) is 14.8. The van der Waals surface area contributed by atoms with Crippen molar-refractivity contribution in [3.05, 3.63) is 34.4 Å². The lowest BCUT2D eigenvalue weighted by Gasteiger charge is -2.10. The molecule has 0 bridgehead atoms. The van der Waals surface area contributed by atoms with E-state index in [-0.39, 0.29) is 11.6 Å². The van der Waals surface area contributed by atoms with Crippen molar-refractivity contribution in [2.24, 2.45) is 5.73 Å². The summed E-state index contributed by atoms with van der Waals surface area (Å²) in [4.78, 5) is 0. The second kappa shape index (κ2) is 5.81. The molecule has 0 saturated carbocycles. The largest absolute Gasteiger partial charge is 0.495 e. The number of hydrogen-bond donors (Lipinski definition) is 3. The average molecular weight is 361 g/mol. The number of rotatable bonds is 5.